The maximum absolute atomic E-state index is 10.2. The molecule has 2 aromatic rings. The van der Waals surface area contributed by atoms with E-state index < -0.39 is 6.10 Å². The fourth-order valence-corrected chi connectivity index (χ4v) is 2.14. The van der Waals surface area contributed by atoms with Crippen molar-refractivity contribution in [3.05, 3.63) is 59.7 Å². The molecular weight excluding hydrogens is 266 g/mol. The summed E-state index contributed by atoms with van der Waals surface area (Å²) in [6, 6.07) is 15.4. The lowest BCUT2D eigenvalue weighted by molar-refractivity contribution is 0.168. The molecule has 0 aliphatic heterocycles. The number of ether oxygens (including phenoxy) is 2. The number of aliphatic hydroxyl groups is 1. The Bertz CT molecular complexity index is 557. The van der Waals surface area contributed by atoms with E-state index in [4.69, 9.17) is 9.47 Å². The first-order valence-corrected chi connectivity index (χ1v) is 6.92. The van der Waals surface area contributed by atoms with Gasteiger partial charge in [0.1, 0.15) is 6.61 Å². The summed E-state index contributed by atoms with van der Waals surface area (Å²) in [5.41, 5.74) is 1.79. The maximum atomic E-state index is 10.2. The largest absolute Gasteiger partial charge is 0.493 e. The second-order valence-electron chi connectivity index (χ2n) is 4.73. The molecule has 112 valence electrons. The standard InChI is InChI=1S/C17H21NO3/c1-18-11-15(19)14-9-6-10-16(20-2)17(14)21-12-13-7-4-3-5-8-13/h3-10,15,18-19H,11-12H2,1-2H3. The van der Waals surface area contributed by atoms with Crippen LogP contribution in [0.3, 0.4) is 0 Å². The van der Waals surface area contributed by atoms with Gasteiger partial charge >= 0.3 is 0 Å². The molecule has 21 heavy (non-hydrogen) atoms. The number of nitrogens with one attached hydrogen (secondary N) is 1. The third-order valence-corrected chi connectivity index (χ3v) is 3.21. The average molecular weight is 287 g/mol. The van der Waals surface area contributed by atoms with Gasteiger partial charge in [0.2, 0.25) is 0 Å². The molecule has 0 amide bonds. The monoisotopic (exact) mass is 287 g/mol. The SMILES string of the molecule is CNCC(O)c1cccc(OC)c1OCc1ccccc1. The molecule has 0 aliphatic rings. The van der Waals surface area contributed by atoms with Crippen LogP contribution in [0.15, 0.2) is 48.5 Å². The molecule has 0 heterocycles. The zero-order chi connectivity index (χ0) is 15.1. The second-order valence-corrected chi connectivity index (χ2v) is 4.73. The third-order valence-electron chi connectivity index (χ3n) is 3.21. The first-order valence-electron chi connectivity index (χ1n) is 6.92. The second kappa shape index (κ2) is 7.67. The van der Waals surface area contributed by atoms with Crippen LogP contribution in [-0.4, -0.2) is 25.8 Å². The van der Waals surface area contributed by atoms with Crippen molar-refractivity contribution in [3.63, 3.8) is 0 Å². The van der Waals surface area contributed by atoms with Crippen molar-refractivity contribution < 1.29 is 14.6 Å². The lowest BCUT2D eigenvalue weighted by Crippen LogP contribution is -2.17. The highest BCUT2D eigenvalue weighted by atomic mass is 16.5. The zero-order valence-corrected chi connectivity index (χ0v) is 12.4. The number of methoxy groups -OCH3 is 1. The molecule has 0 saturated carbocycles. The Labute approximate surface area is 125 Å². The molecule has 2 N–H and O–H groups in total. The number of hydrogen-bond acceptors (Lipinski definition) is 4. The van der Waals surface area contributed by atoms with E-state index in [1.807, 2.05) is 48.5 Å². The summed E-state index contributed by atoms with van der Waals surface area (Å²) in [5.74, 6) is 1.21. The Balaban J connectivity index is 2.23. The Morgan fingerprint density at radius 2 is 1.86 bits per heavy atom. The van der Waals surface area contributed by atoms with Crippen molar-refractivity contribution in [1.82, 2.24) is 5.32 Å². The minimum atomic E-state index is -0.643. The van der Waals surface area contributed by atoms with Gasteiger partial charge in [0.05, 0.1) is 13.2 Å². The number of likely N-dealkylation sites (N-methyl/N-ethyl adjacent to an activating group) is 1. The minimum absolute atomic E-state index is 0.431. The van der Waals surface area contributed by atoms with Gasteiger partial charge in [0.25, 0.3) is 0 Å². The van der Waals surface area contributed by atoms with Crippen LogP contribution in [0.4, 0.5) is 0 Å². The molecule has 2 aromatic carbocycles. The number of aliphatic hydroxyl groups excluding tert-OH is 1. The van der Waals surface area contributed by atoms with Gasteiger partial charge in [-0.15, -0.1) is 0 Å². The van der Waals surface area contributed by atoms with Gasteiger partial charge in [-0.05, 0) is 18.7 Å². The van der Waals surface area contributed by atoms with Crippen molar-refractivity contribution in [3.8, 4) is 11.5 Å². The van der Waals surface area contributed by atoms with Crippen molar-refractivity contribution in [1.29, 1.82) is 0 Å². The lowest BCUT2D eigenvalue weighted by atomic mass is 10.1. The first-order chi connectivity index (χ1) is 10.3. The minimum Gasteiger partial charge on any atom is -0.493 e. The summed E-state index contributed by atoms with van der Waals surface area (Å²) in [4.78, 5) is 0. The van der Waals surface area contributed by atoms with E-state index in [-0.39, 0.29) is 0 Å². The fraction of sp³-hybridized carbons (Fsp3) is 0.294. The van der Waals surface area contributed by atoms with Gasteiger partial charge < -0.3 is 19.9 Å². The number of rotatable bonds is 7. The predicted octanol–water partition coefficient (Wildman–Crippen LogP) is 2.53. The van der Waals surface area contributed by atoms with Gasteiger partial charge in [0.15, 0.2) is 11.5 Å². The van der Waals surface area contributed by atoms with Gasteiger partial charge in [-0.1, -0.05) is 42.5 Å². The average Bonchev–Trinajstić information content (AvgIpc) is 2.53. The van der Waals surface area contributed by atoms with Crippen LogP contribution >= 0.6 is 0 Å². The predicted molar refractivity (Wildman–Crippen MR) is 82.7 cm³/mol. The summed E-state index contributed by atoms with van der Waals surface area (Å²) in [6.07, 6.45) is -0.643. The molecule has 4 nitrogen and oxygen atoms in total. The Morgan fingerprint density at radius 3 is 2.52 bits per heavy atom. The molecule has 1 unspecified atom stereocenters. The highest BCUT2D eigenvalue weighted by Crippen LogP contribution is 2.35. The molecule has 1 atom stereocenters. The summed E-state index contributed by atoms with van der Waals surface area (Å²) >= 11 is 0. The highest BCUT2D eigenvalue weighted by Gasteiger charge is 2.17. The molecule has 0 radical (unpaired) electrons. The summed E-state index contributed by atoms with van der Waals surface area (Å²) in [6.45, 7) is 0.884. The summed E-state index contributed by atoms with van der Waals surface area (Å²) in [7, 11) is 3.40. The van der Waals surface area contributed by atoms with Crippen LogP contribution < -0.4 is 14.8 Å². The van der Waals surface area contributed by atoms with E-state index in [0.717, 1.165) is 11.1 Å². The van der Waals surface area contributed by atoms with Gasteiger partial charge in [0, 0.05) is 12.1 Å². The zero-order valence-electron chi connectivity index (χ0n) is 12.4. The van der Waals surface area contributed by atoms with Crippen LogP contribution in [0.5, 0.6) is 11.5 Å². The first kappa shape index (κ1) is 15.4. The normalized spacial score (nSPS) is 12.0. The van der Waals surface area contributed by atoms with Crippen molar-refractivity contribution in [2.24, 2.45) is 0 Å². The van der Waals surface area contributed by atoms with E-state index >= 15 is 0 Å². The van der Waals surface area contributed by atoms with Crippen molar-refractivity contribution in [2.45, 2.75) is 12.7 Å². The fourth-order valence-electron chi connectivity index (χ4n) is 2.14. The Morgan fingerprint density at radius 1 is 1.10 bits per heavy atom. The van der Waals surface area contributed by atoms with Gasteiger partial charge in [-0.2, -0.15) is 0 Å². The molecular formula is C17H21NO3. The van der Waals surface area contributed by atoms with Crippen LogP contribution in [0.1, 0.15) is 17.2 Å². The van der Waals surface area contributed by atoms with Gasteiger partial charge in [-0.3, -0.25) is 0 Å². The highest BCUT2D eigenvalue weighted by molar-refractivity contribution is 5.48. The van der Waals surface area contributed by atoms with Crippen LogP contribution in [0, 0.1) is 0 Å². The van der Waals surface area contributed by atoms with Crippen molar-refractivity contribution >= 4 is 0 Å². The van der Waals surface area contributed by atoms with Gasteiger partial charge in [-0.25, -0.2) is 0 Å². The number of hydrogen-bond donors (Lipinski definition) is 2. The Kier molecular flexibility index (Phi) is 5.60. The molecule has 0 fully saturated rings. The topological polar surface area (TPSA) is 50.7 Å². The molecule has 0 spiro atoms. The van der Waals surface area contributed by atoms with E-state index in [9.17, 15) is 5.11 Å². The molecule has 0 aromatic heterocycles. The summed E-state index contributed by atoms with van der Waals surface area (Å²) in [5, 5.41) is 13.2. The smallest absolute Gasteiger partial charge is 0.167 e. The third kappa shape index (κ3) is 3.97. The summed E-state index contributed by atoms with van der Waals surface area (Å²) < 4.78 is 11.2. The molecule has 0 saturated heterocycles. The molecule has 4 heteroatoms. The number of benzene rings is 2. The van der Waals surface area contributed by atoms with E-state index in [1.54, 1.807) is 14.2 Å². The van der Waals surface area contributed by atoms with E-state index in [1.165, 1.54) is 0 Å². The molecule has 0 aliphatic carbocycles. The van der Waals surface area contributed by atoms with Crippen LogP contribution in [-0.2, 0) is 6.61 Å². The van der Waals surface area contributed by atoms with Crippen molar-refractivity contribution in [2.75, 3.05) is 20.7 Å². The van der Waals surface area contributed by atoms with E-state index in [2.05, 4.69) is 5.32 Å². The van der Waals surface area contributed by atoms with Crippen LogP contribution in [0.2, 0.25) is 0 Å². The quantitative estimate of drug-likeness (QED) is 0.821. The number of para-hydroxylation sites is 1. The Hall–Kier alpha value is -2.04. The maximum Gasteiger partial charge on any atom is 0.167 e. The molecule has 0 bridgehead atoms. The van der Waals surface area contributed by atoms with Crippen LogP contribution in [0.25, 0.3) is 0 Å². The molecule has 2 rings (SSSR count). The lowest BCUT2D eigenvalue weighted by Gasteiger charge is -2.18. The van der Waals surface area contributed by atoms with E-state index in [0.29, 0.717) is 24.7 Å².